The number of carbonyl (C=O) groups is 3. The van der Waals surface area contributed by atoms with Crippen LogP contribution in [0.4, 0.5) is 21.4 Å². The van der Waals surface area contributed by atoms with Gasteiger partial charge in [-0.3, -0.25) is 19.7 Å². The van der Waals surface area contributed by atoms with Gasteiger partial charge in [0.25, 0.3) is 0 Å². The number of nitrogens with zero attached hydrogens (tertiary/aromatic N) is 5. The Morgan fingerprint density at radius 2 is 1.83 bits per heavy atom. The molecule has 0 saturated carbocycles. The summed E-state index contributed by atoms with van der Waals surface area (Å²) in [4.78, 5) is 47.3. The zero-order valence-electron chi connectivity index (χ0n) is 26.5. The van der Waals surface area contributed by atoms with Crippen molar-refractivity contribution < 1.29 is 33.3 Å². The van der Waals surface area contributed by atoms with Gasteiger partial charge in [0.05, 0.1) is 33.9 Å². The first-order chi connectivity index (χ1) is 22.7. The van der Waals surface area contributed by atoms with Gasteiger partial charge in [-0.1, -0.05) is 55.8 Å². The van der Waals surface area contributed by atoms with Gasteiger partial charge in [-0.15, -0.1) is 0 Å². The molecular formula is C32H36BrN7O7. The van der Waals surface area contributed by atoms with Crippen LogP contribution in [-0.4, -0.2) is 76.7 Å². The largest absolute Gasteiger partial charge is 0.496 e. The minimum Gasteiger partial charge on any atom is -0.496 e. The number of esters is 1. The van der Waals surface area contributed by atoms with Crippen LogP contribution >= 0.6 is 15.9 Å². The lowest BCUT2D eigenvalue weighted by Gasteiger charge is -2.48. The lowest BCUT2D eigenvalue weighted by atomic mass is 9.85. The molecule has 2 aromatic heterocycles. The number of rotatable bonds is 12. The van der Waals surface area contributed by atoms with Crippen molar-refractivity contribution >= 4 is 56.9 Å². The smallest absolute Gasteiger partial charge is 0.413 e. The molecule has 1 fully saturated rings. The molecule has 0 aliphatic carbocycles. The highest BCUT2D eigenvalue weighted by molar-refractivity contribution is 9.10. The highest BCUT2D eigenvalue weighted by Crippen LogP contribution is 2.39. The third kappa shape index (κ3) is 7.56. The molecular weight excluding hydrogens is 674 g/mol. The first-order valence-electron chi connectivity index (χ1n) is 15.0. The Kier molecular flexibility index (Phi) is 10.4. The number of likely N-dealkylation sites (tertiary alicyclic amines) is 1. The maximum absolute atomic E-state index is 12.8. The van der Waals surface area contributed by atoms with Gasteiger partial charge in [0.15, 0.2) is 16.0 Å². The lowest BCUT2D eigenvalue weighted by molar-refractivity contribution is -0.177. The monoisotopic (exact) mass is 709 g/mol. The molecule has 15 heteroatoms. The Morgan fingerprint density at radius 3 is 2.51 bits per heavy atom. The van der Waals surface area contributed by atoms with Gasteiger partial charge in [0.2, 0.25) is 5.95 Å². The van der Waals surface area contributed by atoms with Crippen molar-refractivity contribution in [3.8, 4) is 5.75 Å². The van der Waals surface area contributed by atoms with Crippen molar-refractivity contribution in [2.24, 2.45) is 0 Å². The van der Waals surface area contributed by atoms with Crippen molar-refractivity contribution in [2.75, 3.05) is 44.5 Å². The summed E-state index contributed by atoms with van der Waals surface area (Å²) in [5.41, 5.74) is 2.38. The van der Waals surface area contributed by atoms with Crippen LogP contribution in [0.15, 0.2) is 53.1 Å². The van der Waals surface area contributed by atoms with E-state index in [0.29, 0.717) is 39.3 Å². The van der Waals surface area contributed by atoms with Gasteiger partial charge in [0, 0.05) is 24.6 Å². The Labute approximate surface area is 279 Å². The van der Waals surface area contributed by atoms with Crippen molar-refractivity contribution in [3.63, 3.8) is 0 Å². The molecule has 0 spiro atoms. The third-order valence-corrected chi connectivity index (χ3v) is 8.13. The summed E-state index contributed by atoms with van der Waals surface area (Å²) < 4.78 is 24.0. The van der Waals surface area contributed by atoms with Crippen LogP contribution in [-0.2, 0) is 37.8 Å². The summed E-state index contributed by atoms with van der Waals surface area (Å²) in [5, 5.41) is 10.5. The van der Waals surface area contributed by atoms with Crippen molar-refractivity contribution in [3.05, 3.63) is 69.8 Å². The molecule has 2 amide bonds. The third-order valence-electron chi connectivity index (χ3n) is 7.60. The second-order valence-corrected chi connectivity index (χ2v) is 11.7. The molecule has 4 aromatic rings. The number of ether oxygens (including phenoxy) is 4. The summed E-state index contributed by atoms with van der Waals surface area (Å²) >= 11 is 3.50. The molecule has 1 aliphatic heterocycles. The topological polar surface area (TPSA) is 159 Å². The summed E-state index contributed by atoms with van der Waals surface area (Å²) in [7, 11) is 2.81. The number of nitrogens with one attached hydrogen (secondary N) is 2. The van der Waals surface area contributed by atoms with Crippen LogP contribution < -0.4 is 15.4 Å². The quantitative estimate of drug-likeness (QED) is 0.109. The van der Waals surface area contributed by atoms with E-state index in [2.05, 4.69) is 48.6 Å². The number of halogens is 1. The minimum absolute atomic E-state index is 0.0693. The molecule has 1 aliphatic rings. The molecule has 0 unspecified atom stereocenters. The van der Waals surface area contributed by atoms with Crippen LogP contribution in [0.3, 0.4) is 0 Å². The van der Waals surface area contributed by atoms with E-state index in [1.165, 1.54) is 18.9 Å². The molecule has 3 heterocycles. The number of methoxy groups -OCH3 is 2. The van der Waals surface area contributed by atoms with Crippen LogP contribution in [0.5, 0.6) is 5.75 Å². The van der Waals surface area contributed by atoms with Gasteiger partial charge in [-0.25, -0.2) is 14.6 Å². The SMILES string of the molecule is CCCCNc1nc(NC(=O)OC)nc2c(Br)nn(Cc3ccc(C4(OC(C)=O)CN(C(=O)OCc5ccccc5)C4)cc3OC)c12. The second-order valence-electron chi connectivity index (χ2n) is 10.9. The Morgan fingerprint density at radius 1 is 1.06 bits per heavy atom. The molecule has 0 bridgehead atoms. The number of carbonyl (C=O) groups excluding carboxylic acids is 3. The summed E-state index contributed by atoms with van der Waals surface area (Å²) in [6.07, 6.45) is 0.694. The average Bonchev–Trinajstić information content (AvgIpc) is 3.36. The number of hydrogen-bond donors (Lipinski definition) is 2. The molecule has 2 N–H and O–H groups in total. The molecule has 2 aromatic carbocycles. The van der Waals surface area contributed by atoms with E-state index in [-0.39, 0.29) is 32.2 Å². The van der Waals surface area contributed by atoms with Gasteiger partial charge < -0.3 is 24.3 Å². The maximum atomic E-state index is 12.8. The summed E-state index contributed by atoms with van der Waals surface area (Å²) in [6.45, 7) is 4.75. The number of benzene rings is 2. The van der Waals surface area contributed by atoms with E-state index in [0.717, 1.165) is 24.0 Å². The number of unbranched alkanes of at least 4 members (excludes halogenated alkanes) is 1. The Hall–Kier alpha value is -4.92. The molecule has 0 radical (unpaired) electrons. The van der Waals surface area contributed by atoms with Gasteiger partial charge in [-0.2, -0.15) is 10.1 Å². The Bertz CT molecular complexity index is 1760. The fourth-order valence-corrected chi connectivity index (χ4v) is 5.74. The Balaban J connectivity index is 1.40. The maximum Gasteiger partial charge on any atom is 0.413 e. The van der Waals surface area contributed by atoms with E-state index in [1.807, 2.05) is 42.5 Å². The highest BCUT2D eigenvalue weighted by atomic mass is 79.9. The molecule has 0 atom stereocenters. The van der Waals surface area contributed by atoms with E-state index in [9.17, 15) is 14.4 Å². The van der Waals surface area contributed by atoms with E-state index >= 15 is 0 Å². The predicted molar refractivity (Wildman–Crippen MR) is 176 cm³/mol. The lowest BCUT2D eigenvalue weighted by Crippen LogP contribution is -2.63. The van der Waals surface area contributed by atoms with Gasteiger partial charge in [0.1, 0.15) is 23.4 Å². The number of anilines is 2. The zero-order chi connectivity index (χ0) is 33.6. The van der Waals surface area contributed by atoms with Gasteiger partial charge in [-0.05, 0) is 34.0 Å². The van der Waals surface area contributed by atoms with Crippen LogP contribution in [0, 0.1) is 0 Å². The first-order valence-corrected chi connectivity index (χ1v) is 15.8. The van der Waals surface area contributed by atoms with Crippen molar-refractivity contribution in [1.29, 1.82) is 0 Å². The zero-order valence-corrected chi connectivity index (χ0v) is 28.1. The number of amides is 2. The normalized spacial score (nSPS) is 13.4. The van der Waals surface area contributed by atoms with Crippen molar-refractivity contribution in [2.45, 2.75) is 45.4 Å². The molecule has 1 saturated heterocycles. The predicted octanol–water partition coefficient (Wildman–Crippen LogP) is 5.45. The van der Waals surface area contributed by atoms with Gasteiger partial charge >= 0.3 is 18.2 Å². The van der Waals surface area contributed by atoms with E-state index in [4.69, 9.17) is 18.9 Å². The fourth-order valence-electron chi connectivity index (χ4n) is 5.28. The molecule has 14 nitrogen and oxygen atoms in total. The van der Waals surface area contributed by atoms with Crippen LogP contribution in [0.25, 0.3) is 11.0 Å². The summed E-state index contributed by atoms with van der Waals surface area (Å²) in [6, 6.07) is 14.9. The average molecular weight is 711 g/mol. The van der Waals surface area contributed by atoms with Crippen molar-refractivity contribution in [1.82, 2.24) is 24.6 Å². The second kappa shape index (κ2) is 14.7. The minimum atomic E-state index is -1.06. The van der Waals surface area contributed by atoms with Crippen LogP contribution in [0.2, 0.25) is 0 Å². The van der Waals surface area contributed by atoms with Crippen LogP contribution in [0.1, 0.15) is 43.4 Å². The fraction of sp³-hybridized carbons (Fsp3) is 0.375. The standard InChI is InChI=1S/C32H36BrN7O7/c1-5-6-14-34-28-26-25(35-29(36-28)37-30(42)45-4)27(33)38-40(26)16-22-12-13-23(15-24(22)44-3)32(47-20(2)41)18-39(19-32)31(43)46-17-21-10-8-7-9-11-21/h7-13,15H,5-6,14,16-19H2,1-4H3,(H2,34,35,36,37,42). The number of fused-ring (bicyclic) bond motifs is 1. The molecule has 248 valence electrons. The molecule has 47 heavy (non-hydrogen) atoms. The highest BCUT2D eigenvalue weighted by Gasteiger charge is 2.50. The number of aromatic nitrogens is 4. The first kappa shape index (κ1) is 33.4. The van der Waals surface area contributed by atoms with E-state index < -0.39 is 23.8 Å². The van der Waals surface area contributed by atoms with E-state index in [1.54, 1.807) is 17.9 Å². The summed E-state index contributed by atoms with van der Waals surface area (Å²) in [5.74, 6) is 0.623. The molecule has 5 rings (SSSR count). The number of hydrogen-bond acceptors (Lipinski definition) is 11.